The van der Waals surface area contributed by atoms with Gasteiger partial charge < -0.3 is 19.8 Å². The number of rotatable bonds is 4. The van der Waals surface area contributed by atoms with Crippen LogP contribution in [-0.4, -0.2) is 22.0 Å². The number of furan rings is 1. The molecule has 0 radical (unpaired) electrons. The fourth-order valence-electron chi connectivity index (χ4n) is 1.78. The van der Waals surface area contributed by atoms with E-state index in [4.69, 9.17) is 9.52 Å². The van der Waals surface area contributed by atoms with Gasteiger partial charge in [-0.2, -0.15) is 0 Å². The Kier molecular flexibility index (Phi) is 3.74. The van der Waals surface area contributed by atoms with Gasteiger partial charge in [-0.05, 0) is 32.1 Å². The molecule has 104 valence electrons. The van der Waals surface area contributed by atoms with Crippen molar-refractivity contribution >= 4 is 23.6 Å². The Morgan fingerprint density at radius 2 is 2.10 bits per heavy atom. The summed E-state index contributed by atoms with van der Waals surface area (Å²) in [7, 11) is 0. The molecule has 2 rings (SSSR count). The summed E-state index contributed by atoms with van der Waals surface area (Å²) in [4.78, 5) is 25.6. The van der Waals surface area contributed by atoms with Gasteiger partial charge in [-0.15, -0.1) is 0 Å². The number of anilines is 1. The van der Waals surface area contributed by atoms with E-state index in [9.17, 15) is 9.59 Å². The molecule has 6 heteroatoms. The minimum absolute atomic E-state index is 0.0561. The van der Waals surface area contributed by atoms with E-state index in [1.54, 1.807) is 26.0 Å². The molecule has 0 fully saturated rings. The number of carbonyl (C=O) groups is 2. The van der Waals surface area contributed by atoms with Crippen molar-refractivity contribution in [3.8, 4) is 0 Å². The Labute approximate surface area is 115 Å². The second-order valence-corrected chi connectivity index (χ2v) is 4.28. The number of nitrogens with one attached hydrogen (secondary N) is 2. The Morgan fingerprint density at radius 3 is 2.70 bits per heavy atom. The highest BCUT2D eigenvalue weighted by Gasteiger charge is 2.16. The van der Waals surface area contributed by atoms with Crippen LogP contribution in [0.2, 0.25) is 0 Å². The van der Waals surface area contributed by atoms with Crippen LogP contribution in [0.3, 0.4) is 0 Å². The average Bonchev–Trinajstić information content (AvgIpc) is 2.93. The maximum Gasteiger partial charge on any atom is 0.339 e. The van der Waals surface area contributed by atoms with Gasteiger partial charge >= 0.3 is 5.97 Å². The zero-order chi connectivity index (χ0) is 14.7. The van der Waals surface area contributed by atoms with Crippen molar-refractivity contribution in [3.63, 3.8) is 0 Å². The van der Waals surface area contributed by atoms with E-state index in [0.29, 0.717) is 11.5 Å². The molecule has 2 heterocycles. The fraction of sp³-hybridized carbons (Fsp3) is 0.143. The van der Waals surface area contributed by atoms with E-state index >= 15 is 0 Å². The number of hydrogen-bond donors (Lipinski definition) is 3. The lowest BCUT2D eigenvalue weighted by Gasteiger charge is -2.01. The molecule has 2 aromatic heterocycles. The first-order chi connectivity index (χ1) is 9.47. The van der Waals surface area contributed by atoms with Crippen molar-refractivity contribution in [3.05, 3.63) is 47.2 Å². The highest BCUT2D eigenvalue weighted by atomic mass is 16.4. The predicted molar refractivity (Wildman–Crippen MR) is 73.6 cm³/mol. The van der Waals surface area contributed by atoms with Gasteiger partial charge in [0.2, 0.25) is 5.91 Å². The molecule has 0 aliphatic heterocycles. The van der Waals surface area contributed by atoms with Gasteiger partial charge in [0.15, 0.2) is 0 Å². The fourth-order valence-corrected chi connectivity index (χ4v) is 1.78. The van der Waals surface area contributed by atoms with Gasteiger partial charge in [-0.1, -0.05) is 0 Å². The maximum atomic E-state index is 11.7. The molecular formula is C14H14N2O4. The molecule has 2 aromatic rings. The molecule has 1 amide bonds. The van der Waals surface area contributed by atoms with Crippen LogP contribution in [0, 0.1) is 13.8 Å². The number of amides is 1. The second kappa shape index (κ2) is 5.48. The van der Waals surface area contributed by atoms with E-state index in [0.717, 1.165) is 5.76 Å². The van der Waals surface area contributed by atoms with Gasteiger partial charge in [0.1, 0.15) is 17.1 Å². The van der Waals surface area contributed by atoms with Gasteiger partial charge in [0, 0.05) is 18.0 Å². The monoisotopic (exact) mass is 274 g/mol. The lowest BCUT2D eigenvalue weighted by atomic mass is 10.2. The maximum absolute atomic E-state index is 11.7. The number of aryl methyl sites for hydroxylation is 2. The predicted octanol–water partition coefficient (Wildman–Crippen LogP) is 2.57. The minimum atomic E-state index is -1.09. The molecule has 0 aliphatic carbocycles. The molecule has 0 spiro atoms. The summed E-state index contributed by atoms with van der Waals surface area (Å²) in [6.07, 6.45) is 4.25. The second-order valence-electron chi connectivity index (χ2n) is 4.28. The molecule has 0 saturated carbocycles. The van der Waals surface area contributed by atoms with Gasteiger partial charge in [-0.25, -0.2) is 4.79 Å². The molecule has 0 bridgehead atoms. The minimum Gasteiger partial charge on any atom is -0.478 e. The van der Waals surface area contributed by atoms with Crippen LogP contribution in [0.5, 0.6) is 0 Å². The SMILES string of the molecule is Cc1ccc(/C=C/C(=O)Nc2c[nH]c(C)c2C(=O)O)o1. The largest absolute Gasteiger partial charge is 0.478 e. The van der Waals surface area contributed by atoms with Crippen LogP contribution in [0.4, 0.5) is 5.69 Å². The summed E-state index contributed by atoms with van der Waals surface area (Å²) in [5.41, 5.74) is 0.777. The normalized spacial score (nSPS) is 10.9. The quantitative estimate of drug-likeness (QED) is 0.747. The number of carbonyl (C=O) groups excluding carboxylic acids is 1. The first-order valence-electron chi connectivity index (χ1n) is 5.94. The van der Waals surface area contributed by atoms with E-state index in [1.165, 1.54) is 18.3 Å². The third-order valence-corrected chi connectivity index (χ3v) is 2.71. The number of H-pyrrole nitrogens is 1. The molecule has 0 aliphatic rings. The zero-order valence-corrected chi connectivity index (χ0v) is 11.1. The molecule has 0 atom stereocenters. The molecule has 0 aromatic carbocycles. The van der Waals surface area contributed by atoms with Gasteiger partial charge in [0.05, 0.1) is 5.69 Å². The van der Waals surface area contributed by atoms with E-state index < -0.39 is 11.9 Å². The number of aromatic amines is 1. The van der Waals surface area contributed by atoms with Crippen LogP contribution < -0.4 is 5.32 Å². The molecule has 0 saturated heterocycles. The summed E-state index contributed by atoms with van der Waals surface area (Å²) in [6.45, 7) is 3.43. The Balaban J connectivity index is 2.09. The number of carboxylic acid groups (broad SMARTS) is 1. The smallest absolute Gasteiger partial charge is 0.339 e. The molecular weight excluding hydrogens is 260 g/mol. The summed E-state index contributed by atoms with van der Waals surface area (Å²) >= 11 is 0. The van der Waals surface area contributed by atoms with Crippen molar-refractivity contribution in [2.45, 2.75) is 13.8 Å². The van der Waals surface area contributed by atoms with Crippen LogP contribution in [0.25, 0.3) is 6.08 Å². The van der Waals surface area contributed by atoms with Crippen LogP contribution in [0.15, 0.2) is 28.8 Å². The summed E-state index contributed by atoms with van der Waals surface area (Å²) in [5.74, 6) is -0.217. The van der Waals surface area contributed by atoms with Crippen molar-refractivity contribution < 1.29 is 19.1 Å². The standard InChI is InChI=1S/C14H14N2O4/c1-8-3-4-10(20-8)5-6-12(17)16-11-7-15-9(2)13(11)14(18)19/h3-7,15H,1-2H3,(H,16,17)(H,18,19)/b6-5+. The third kappa shape index (κ3) is 2.97. The van der Waals surface area contributed by atoms with Crippen molar-refractivity contribution in [2.24, 2.45) is 0 Å². The van der Waals surface area contributed by atoms with Crippen molar-refractivity contribution in [1.82, 2.24) is 4.98 Å². The van der Waals surface area contributed by atoms with Gasteiger partial charge in [0.25, 0.3) is 0 Å². The summed E-state index contributed by atoms with van der Waals surface area (Å²) < 4.78 is 5.28. The number of aromatic nitrogens is 1. The van der Waals surface area contributed by atoms with Gasteiger partial charge in [-0.3, -0.25) is 4.79 Å². The molecule has 6 nitrogen and oxygen atoms in total. The average molecular weight is 274 g/mol. The highest BCUT2D eigenvalue weighted by Crippen LogP contribution is 2.19. The first kappa shape index (κ1) is 13.7. The molecule has 0 unspecified atom stereocenters. The lowest BCUT2D eigenvalue weighted by molar-refractivity contribution is -0.111. The Morgan fingerprint density at radius 1 is 1.35 bits per heavy atom. The number of carboxylic acids is 1. The Bertz CT molecular complexity index is 679. The van der Waals surface area contributed by atoms with Crippen LogP contribution in [0.1, 0.15) is 27.6 Å². The summed E-state index contributed by atoms with van der Waals surface area (Å²) in [6, 6.07) is 3.53. The van der Waals surface area contributed by atoms with E-state index in [2.05, 4.69) is 10.3 Å². The van der Waals surface area contributed by atoms with Crippen molar-refractivity contribution in [2.75, 3.05) is 5.32 Å². The Hall–Kier alpha value is -2.76. The first-order valence-corrected chi connectivity index (χ1v) is 5.94. The number of aromatic carboxylic acids is 1. The van der Waals surface area contributed by atoms with Crippen LogP contribution >= 0.6 is 0 Å². The topological polar surface area (TPSA) is 95.3 Å². The summed E-state index contributed by atoms with van der Waals surface area (Å²) in [5, 5.41) is 11.6. The van der Waals surface area contributed by atoms with Crippen LogP contribution in [-0.2, 0) is 4.79 Å². The zero-order valence-electron chi connectivity index (χ0n) is 11.1. The third-order valence-electron chi connectivity index (χ3n) is 2.71. The van der Waals surface area contributed by atoms with Crippen molar-refractivity contribution in [1.29, 1.82) is 0 Å². The van der Waals surface area contributed by atoms with E-state index in [-0.39, 0.29) is 11.3 Å². The molecule has 3 N–H and O–H groups in total. The van der Waals surface area contributed by atoms with E-state index in [1.807, 2.05) is 0 Å². The molecule has 20 heavy (non-hydrogen) atoms. The number of hydrogen-bond acceptors (Lipinski definition) is 3. The highest BCUT2D eigenvalue weighted by molar-refractivity contribution is 6.06. The lowest BCUT2D eigenvalue weighted by Crippen LogP contribution is -2.10.